The van der Waals surface area contributed by atoms with Crippen molar-refractivity contribution in [3.8, 4) is 0 Å². The van der Waals surface area contributed by atoms with Crippen molar-refractivity contribution in [3.63, 3.8) is 0 Å². The zero-order chi connectivity index (χ0) is 20.5. The molecule has 0 spiro atoms. The van der Waals surface area contributed by atoms with Gasteiger partial charge in [-0.1, -0.05) is 42.5 Å². The van der Waals surface area contributed by atoms with E-state index in [1.165, 1.54) is 35.4 Å². The number of aliphatic hydroxyl groups is 1. The second-order valence-electron chi connectivity index (χ2n) is 6.42. The number of benzene rings is 2. The molecule has 2 aromatic carbocycles. The summed E-state index contributed by atoms with van der Waals surface area (Å²) in [6, 6.07) is 16.3. The molecule has 1 aliphatic heterocycles. The summed E-state index contributed by atoms with van der Waals surface area (Å²) in [6.45, 7) is 0. The van der Waals surface area contributed by atoms with Crippen molar-refractivity contribution in [3.05, 3.63) is 99.9 Å². The van der Waals surface area contributed by atoms with Gasteiger partial charge >= 0.3 is 5.91 Å². The Hall–Kier alpha value is -3.32. The van der Waals surface area contributed by atoms with Crippen LogP contribution in [-0.2, 0) is 9.59 Å². The molecule has 0 bridgehead atoms. The molecule has 2 heterocycles. The summed E-state index contributed by atoms with van der Waals surface area (Å²) < 4.78 is 14.2. The summed E-state index contributed by atoms with van der Waals surface area (Å²) in [4.78, 5) is 31.2. The average molecular weight is 453 g/mol. The maximum Gasteiger partial charge on any atom is 0.301 e. The summed E-state index contributed by atoms with van der Waals surface area (Å²) >= 11 is 3.29. The molecular weight excluding hydrogens is 439 g/mol. The highest BCUT2D eigenvalue weighted by atomic mass is 79.9. The first-order valence-electron chi connectivity index (χ1n) is 8.71. The predicted molar refractivity (Wildman–Crippen MR) is 110 cm³/mol. The first-order valence-corrected chi connectivity index (χ1v) is 9.50. The second kappa shape index (κ2) is 7.60. The average Bonchev–Trinajstić information content (AvgIpc) is 3.00. The van der Waals surface area contributed by atoms with Gasteiger partial charge in [0.15, 0.2) is 0 Å². The van der Waals surface area contributed by atoms with Gasteiger partial charge in [0.2, 0.25) is 0 Å². The molecule has 0 unspecified atom stereocenters. The van der Waals surface area contributed by atoms with Gasteiger partial charge in [-0.25, -0.2) is 9.37 Å². The van der Waals surface area contributed by atoms with Gasteiger partial charge < -0.3 is 5.11 Å². The number of anilines is 1. The zero-order valence-electron chi connectivity index (χ0n) is 14.9. The number of ketones is 1. The highest BCUT2D eigenvalue weighted by Crippen LogP contribution is 2.41. The SMILES string of the molecule is O=C1C(=O)N(c2ccc(Br)cn2)[C@@H](c2ccc(F)cc2)C1=C(O)c1ccccc1. The van der Waals surface area contributed by atoms with Crippen LogP contribution in [0.1, 0.15) is 17.2 Å². The summed E-state index contributed by atoms with van der Waals surface area (Å²) in [5.74, 6) is -2.14. The Morgan fingerprint density at radius 1 is 1.00 bits per heavy atom. The maximum atomic E-state index is 13.5. The Bertz CT molecular complexity index is 1110. The van der Waals surface area contributed by atoms with E-state index in [9.17, 15) is 19.1 Å². The third-order valence-corrected chi connectivity index (χ3v) is 5.11. The number of amides is 1. The van der Waals surface area contributed by atoms with E-state index in [0.717, 1.165) is 0 Å². The number of nitrogens with zero attached hydrogens (tertiary/aromatic N) is 2. The maximum absolute atomic E-state index is 13.5. The lowest BCUT2D eigenvalue weighted by atomic mass is 9.95. The summed E-state index contributed by atoms with van der Waals surface area (Å²) in [7, 11) is 0. The molecular formula is C22H14BrFN2O3. The number of pyridine rings is 1. The molecule has 144 valence electrons. The van der Waals surface area contributed by atoms with Crippen molar-refractivity contribution < 1.29 is 19.1 Å². The monoisotopic (exact) mass is 452 g/mol. The van der Waals surface area contributed by atoms with Crippen LogP contribution in [0.5, 0.6) is 0 Å². The van der Waals surface area contributed by atoms with E-state index in [0.29, 0.717) is 15.6 Å². The van der Waals surface area contributed by atoms with Gasteiger partial charge in [0.05, 0.1) is 11.6 Å². The number of carbonyl (C=O) groups excluding carboxylic acids is 2. The Morgan fingerprint density at radius 3 is 2.31 bits per heavy atom. The van der Waals surface area contributed by atoms with Crippen LogP contribution < -0.4 is 4.90 Å². The standard InChI is InChI=1S/C22H14BrFN2O3/c23-15-8-11-17(25-12-15)26-19(13-6-9-16(24)10-7-13)18(21(28)22(26)29)20(27)14-4-2-1-3-5-14/h1-12,19,27H/t19-/m0/s1. The van der Waals surface area contributed by atoms with Gasteiger partial charge in [-0.15, -0.1) is 0 Å². The van der Waals surface area contributed by atoms with Crippen molar-refractivity contribution >= 4 is 39.2 Å². The fourth-order valence-electron chi connectivity index (χ4n) is 3.29. The van der Waals surface area contributed by atoms with Crippen LogP contribution >= 0.6 is 15.9 Å². The Morgan fingerprint density at radius 2 is 1.69 bits per heavy atom. The van der Waals surface area contributed by atoms with E-state index >= 15 is 0 Å². The van der Waals surface area contributed by atoms with E-state index in [4.69, 9.17) is 0 Å². The molecule has 0 radical (unpaired) electrons. The van der Waals surface area contributed by atoms with Crippen LogP contribution in [0.3, 0.4) is 0 Å². The van der Waals surface area contributed by atoms with E-state index in [1.54, 1.807) is 42.5 Å². The smallest absolute Gasteiger partial charge is 0.301 e. The molecule has 29 heavy (non-hydrogen) atoms. The Kier molecular flexibility index (Phi) is 4.98. The number of aliphatic hydroxyl groups excluding tert-OH is 1. The topological polar surface area (TPSA) is 70.5 Å². The first kappa shape index (κ1) is 19.0. The summed E-state index contributed by atoms with van der Waals surface area (Å²) in [6.07, 6.45) is 1.51. The molecule has 1 atom stereocenters. The van der Waals surface area contributed by atoms with E-state index in [-0.39, 0.29) is 17.2 Å². The van der Waals surface area contributed by atoms with Gasteiger partial charge in [-0.05, 0) is 45.8 Å². The third-order valence-electron chi connectivity index (χ3n) is 4.64. The molecule has 0 saturated carbocycles. The van der Waals surface area contributed by atoms with Crippen LogP contribution in [0.15, 0.2) is 83.0 Å². The molecule has 4 rings (SSSR count). The number of hydrogen-bond donors (Lipinski definition) is 1. The van der Waals surface area contributed by atoms with E-state index < -0.39 is 23.5 Å². The minimum absolute atomic E-state index is 0.0717. The van der Waals surface area contributed by atoms with Gasteiger partial charge in [-0.3, -0.25) is 14.5 Å². The highest BCUT2D eigenvalue weighted by molar-refractivity contribution is 9.10. The molecule has 3 aromatic rings. The second-order valence-corrected chi connectivity index (χ2v) is 7.34. The molecule has 7 heteroatoms. The lowest BCUT2D eigenvalue weighted by Gasteiger charge is -2.24. The van der Waals surface area contributed by atoms with Crippen LogP contribution in [0.2, 0.25) is 0 Å². The summed E-state index contributed by atoms with van der Waals surface area (Å²) in [5, 5.41) is 10.9. The molecule has 1 N–H and O–H groups in total. The molecule has 1 aliphatic rings. The molecule has 1 saturated heterocycles. The minimum Gasteiger partial charge on any atom is -0.507 e. The van der Waals surface area contributed by atoms with Crippen LogP contribution in [0.4, 0.5) is 10.2 Å². The van der Waals surface area contributed by atoms with Crippen LogP contribution in [-0.4, -0.2) is 21.8 Å². The molecule has 1 aromatic heterocycles. The molecule has 5 nitrogen and oxygen atoms in total. The first-order chi connectivity index (χ1) is 14.0. The van der Waals surface area contributed by atoms with Gasteiger partial charge in [0, 0.05) is 16.2 Å². The van der Waals surface area contributed by atoms with E-state index in [1.807, 2.05) is 0 Å². The van der Waals surface area contributed by atoms with Crippen LogP contribution in [0.25, 0.3) is 5.76 Å². The molecule has 1 amide bonds. The third kappa shape index (κ3) is 3.45. The normalized spacial score (nSPS) is 18.3. The quantitative estimate of drug-likeness (QED) is 0.357. The van der Waals surface area contributed by atoms with E-state index in [2.05, 4.69) is 20.9 Å². The number of aromatic nitrogens is 1. The zero-order valence-corrected chi connectivity index (χ0v) is 16.5. The Labute approximate surface area is 174 Å². The van der Waals surface area contributed by atoms with Crippen molar-refractivity contribution in [2.75, 3.05) is 4.90 Å². The Balaban J connectivity index is 1.94. The number of hydrogen-bond acceptors (Lipinski definition) is 4. The lowest BCUT2D eigenvalue weighted by molar-refractivity contribution is -0.132. The molecule has 1 fully saturated rings. The number of rotatable bonds is 3. The lowest BCUT2D eigenvalue weighted by Crippen LogP contribution is -2.30. The minimum atomic E-state index is -0.940. The van der Waals surface area contributed by atoms with Gasteiger partial charge in [0.25, 0.3) is 5.78 Å². The van der Waals surface area contributed by atoms with Crippen molar-refractivity contribution in [1.82, 2.24) is 4.98 Å². The van der Waals surface area contributed by atoms with Gasteiger partial charge in [-0.2, -0.15) is 0 Å². The number of halogens is 2. The van der Waals surface area contributed by atoms with Crippen molar-refractivity contribution in [2.45, 2.75) is 6.04 Å². The van der Waals surface area contributed by atoms with Crippen molar-refractivity contribution in [2.24, 2.45) is 0 Å². The predicted octanol–water partition coefficient (Wildman–Crippen LogP) is 4.61. The van der Waals surface area contributed by atoms with Crippen molar-refractivity contribution in [1.29, 1.82) is 0 Å². The fraction of sp³-hybridized carbons (Fsp3) is 0.0455. The number of Topliss-reactive ketones (excluding diaryl/α,β-unsaturated/α-hetero) is 1. The van der Waals surface area contributed by atoms with Crippen LogP contribution in [0, 0.1) is 5.82 Å². The number of carbonyl (C=O) groups is 2. The highest BCUT2D eigenvalue weighted by Gasteiger charge is 2.47. The van der Waals surface area contributed by atoms with Gasteiger partial charge in [0.1, 0.15) is 17.4 Å². The molecule has 0 aliphatic carbocycles. The fourth-order valence-corrected chi connectivity index (χ4v) is 3.53. The summed E-state index contributed by atoms with van der Waals surface area (Å²) in [5.41, 5.74) is 0.812. The largest absolute Gasteiger partial charge is 0.507 e.